The van der Waals surface area contributed by atoms with Crippen molar-refractivity contribution in [3.05, 3.63) is 0 Å². The molecule has 1 N–H and O–H groups in total. The number of sulfonamides is 1. The van der Waals surface area contributed by atoms with Gasteiger partial charge >= 0.3 is 5.97 Å². The van der Waals surface area contributed by atoms with E-state index >= 15 is 0 Å². The molecule has 0 aromatic rings. The van der Waals surface area contributed by atoms with Gasteiger partial charge in [0.2, 0.25) is 10.0 Å². The van der Waals surface area contributed by atoms with Gasteiger partial charge in [-0.05, 0) is 20.8 Å². The maximum atomic E-state index is 12.2. The van der Waals surface area contributed by atoms with Crippen LogP contribution in [-0.4, -0.2) is 67.6 Å². The molecule has 0 spiro atoms. The third-order valence-electron chi connectivity index (χ3n) is 2.92. The van der Waals surface area contributed by atoms with Crippen molar-refractivity contribution in [3.8, 4) is 0 Å². The van der Waals surface area contributed by atoms with E-state index in [2.05, 4.69) is 0 Å². The Kier molecular flexibility index (Phi) is 5.93. The van der Waals surface area contributed by atoms with Crippen molar-refractivity contribution in [2.24, 2.45) is 0 Å². The van der Waals surface area contributed by atoms with Crippen molar-refractivity contribution in [3.63, 3.8) is 0 Å². The van der Waals surface area contributed by atoms with Crippen LogP contribution in [0.5, 0.6) is 0 Å². The molecule has 0 aliphatic carbocycles. The normalized spacial score (nSPS) is 23.5. The van der Waals surface area contributed by atoms with Crippen molar-refractivity contribution in [1.82, 2.24) is 4.31 Å². The molecule has 0 aromatic heterocycles. The van der Waals surface area contributed by atoms with Crippen LogP contribution in [0.2, 0.25) is 0 Å². The van der Waals surface area contributed by atoms with Crippen LogP contribution < -0.4 is 0 Å². The van der Waals surface area contributed by atoms with Crippen LogP contribution in [0.4, 0.5) is 0 Å². The number of aliphatic hydroxyl groups excluding tert-OH is 1. The lowest BCUT2D eigenvalue weighted by molar-refractivity contribution is -0.142. The molecule has 118 valence electrons. The molecule has 20 heavy (non-hydrogen) atoms. The summed E-state index contributed by atoms with van der Waals surface area (Å²) in [6.07, 6.45) is -0.714. The highest BCUT2D eigenvalue weighted by Gasteiger charge is 2.38. The molecule has 1 saturated heterocycles. The number of esters is 1. The Bertz CT molecular complexity index is 433. The quantitative estimate of drug-likeness (QED) is 0.680. The molecule has 1 fully saturated rings. The summed E-state index contributed by atoms with van der Waals surface area (Å²) in [6, 6.07) is 0. The Balaban J connectivity index is 2.68. The molecule has 7 nitrogen and oxygen atoms in total. The zero-order chi connectivity index (χ0) is 15.4. The Morgan fingerprint density at radius 3 is 2.70 bits per heavy atom. The number of nitrogens with zero attached hydrogens (tertiary/aromatic N) is 1. The summed E-state index contributed by atoms with van der Waals surface area (Å²) in [5, 5.41) is 9.17. The fourth-order valence-corrected chi connectivity index (χ4v) is 3.71. The van der Waals surface area contributed by atoms with E-state index < -0.39 is 27.7 Å². The lowest BCUT2D eigenvalue weighted by Crippen LogP contribution is -2.55. The summed E-state index contributed by atoms with van der Waals surface area (Å²) in [5.74, 6) is -0.817. The number of rotatable bonds is 6. The van der Waals surface area contributed by atoms with Crippen LogP contribution in [0.3, 0.4) is 0 Å². The fraction of sp³-hybridized carbons (Fsp3) is 0.917. The van der Waals surface area contributed by atoms with Gasteiger partial charge in [-0.2, -0.15) is 4.31 Å². The van der Waals surface area contributed by atoms with E-state index in [1.54, 1.807) is 20.8 Å². The van der Waals surface area contributed by atoms with Crippen molar-refractivity contribution in [1.29, 1.82) is 0 Å². The number of morpholine rings is 1. The second-order valence-corrected chi connectivity index (χ2v) is 7.43. The zero-order valence-electron chi connectivity index (χ0n) is 12.2. The van der Waals surface area contributed by atoms with E-state index in [9.17, 15) is 18.3 Å². The molecular formula is C12H23NO6S. The molecule has 1 heterocycles. The van der Waals surface area contributed by atoms with Crippen molar-refractivity contribution in [2.45, 2.75) is 38.9 Å². The summed E-state index contributed by atoms with van der Waals surface area (Å²) in [6.45, 7) is 5.50. The first-order valence-corrected chi connectivity index (χ1v) is 8.23. The molecular weight excluding hydrogens is 286 g/mol. The molecule has 0 bridgehead atoms. The minimum atomic E-state index is -3.57. The Hall–Kier alpha value is -0.700. The highest BCUT2D eigenvalue weighted by molar-refractivity contribution is 7.89. The van der Waals surface area contributed by atoms with Crippen LogP contribution in [0.1, 0.15) is 27.2 Å². The maximum Gasteiger partial charge on any atom is 0.306 e. The molecule has 0 saturated carbocycles. The first kappa shape index (κ1) is 17.4. The molecule has 8 heteroatoms. The van der Waals surface area contributed by atoms with Gasteiger partial charge in [0.15, 0.2) is 0 Å². The Morgan fingerprint density at radius 2 is 2.15 bits per heavy atom. The monoisotopic (exact) mass is 309 g/mol. The number of carbonyl (C=O) groups is 1. The van der Waals surface area contributed by atoms with E-state index in [4.69, 9.17) is 9.47 Å². The van der Waals surface area contributed by atoms with Crippen LogP contribution in [-0.2, 0) is 24.3 Å². The molecule has 1 unspecified atom stereocenters. The summed E-state index contributed by atoms with van der Waals surface area (Å²) in [4.78, 5) is 11.3. The minimum Gasteiger partial charge on any atom is -0.466 e. The van der Waals surface area contributed by atoms with Gasteiger partial charge in [-0.25, -0.2) is 8.42 Å². The lowest BCUT2D eigenvalue weighted by atomic mass is 10.1. The van der Waals surface area contributed by atoms with Gasteiger partial charge in [-0.15, -0.1) is 0 Å². The van der Waals surface area contributed by atoms with Crippen molar-refractivity contribution >= 4 is 16.0 Å². The number of ether oxygens (including phenoxy) is 2. The van der Waals surface area contributed by atoms with Gasteiger partial charge in [0, 0.05) is 13.1 Å². The Morgan fingerprint density at radius 1 is 1.50 bits per heavy atom. The molecule has 1 atom stereocenters. The molecule has 0 amide bonds. The van der Waals surface area contributed by atoms with Gasteiger partial charge in [0.1, 0.15) is 0 Å². The predicted molar refractivity (Wildman–Crippen MR) is 72.6 cm³/mol. The predicted octanol–water partition coefficient (Wildman–Crippen LogP) is -0.259. The third kappa shape index (κ3) is 5.01. The number of hydrogen-bond donors (Lipinski definition) is 1. The van der Waals surface area contributed by atoms with E-state index in [0.717, 1.165) is 0 Å². The topological polar surface area (TPSA) is 93.1 Å². The third-order valence-corrected chi connectivity index (χ3v) is 4.70. The number of aliphatic hydroxyl groups is 1. The molecule has 1 rings (SSSR count). The SMILES string of the molecule is CCOC(=O)CCS(=O)(=O)N1CC(CO)OC(C)(C)C1. The molecule has 1 aliphatic heterocycles. The maximum absolute atomic E-state index is 12.2. The summed E-state index contributed by atoms with van der Waals surface area (Å²) >= 11 is 0. The Labute approximate surface area is 119 Å². The highest BCUT2D eigenvalue weighted by Crippen LogP contribution is 2.23. The second-order valence-electron chi connectivity index (χ2n) is 5.35. The first-order valence-electron chi connectivity index (χ1n) is 6.62. The summed E-state index contributed by atoms with van der Waals surface area (Å²) in [7, 11) is -3.57. The molecule has 0 radical (unpaired) electrons. The zero-order valence-corrected chi connectivity index (χ0v) is 13.0. The first-order chi connectivity index (χ1) is 9.20. The molecule has 1 aliphatic rings. The average molecular weight is 309 g/mol. The van der Waals surface area contributed by atoms with Crippen molar-refractivity contribution < 1.29 is 27.8 Å². The van der Waals surface area contributed by atoms with Crippen LogP contribution in [0, 0.1) is 0 Å². The number of carbonyl (C=O) groups excluding carboxylic acids is 1. The standard InChI is InChI=1S/C12H23NO6S/c1-4-18-11(15)5-6-20(16,17)13-7-10(8-14)19-12(2,3)9-13/h10,14H,4-9H2,1-3H3. The van der Waals surface area contributed by atoms with E-state index in [1.165, 1.54) is 4.31 Å². The van der Waals surface area contributed by atoms with E-state index in [-0.39, 0.29) is 38.5 Å². The van der Waals surface area contributed by atoms with E-state index in [0.29, 0.717) is 0 Å². The van der Waals surface area contributed by atoms with E-state index in [1.807, 2.05) is 0 Å². The summed E-state index contributed by atoms with van der Waals surface area (Å²) < 4.78 is 36.0. The average Bonchev–Trinajstić information content (AvgIpc) is 2.35. The van der Waals surface area contributed by atoms with Gasteiger partial charge in [0.05, 0.1) is 37.1 Å². The van der Waals surface area contributed by atoms with Crippen LogP contribution >= 0.6 is 0 Å². The smallest absolute Gasteiger partial charge is 0.306 e. The van der Waals surface area contributed by atoms with Gasteiger partial charge in [-0.1, -0.05) is 0 Å². The summed E-state index contributed by atoms with van der Waals surface area (Å²) in [5.41, 5.74) is -0.664. The van der Waals surface area contributed by atoms with Gasteiger partial charge in [0.25, 0.3) is 0 Å². The van der Waals surface area contributed by atoms with Gasteiger partial charge < -0.3 is 14.6 Å². The second kappa shape index (κ2) is 6.84. The van der Waals surface area contributed by atoms with Crippen molar-refractivity contribution in [2.75, 3.05) is 32.1 Å². The van der Waals surface area contributed by atoms with Crippen LogP contribution in [0.25, 0.3) is 0 Å². The number of hydrogen-bond acceptors (Lipinski definition) is 6. The molecule has 0 aromatic carbocycles. The minimum absolute atomic E-state index is 0.102. The van der Waals surface area contributed by atoms with Crippen LogP contribution in [0.15, 0.2) is 0 Å². The lowest BCUT2D eigenvalue weighted by Gasteiger charge is -2.41. The van der Waals surface area contributed by atoms with Gasteiger partial charge in [-0.3, -0.25) is 4.79 Å². The highest BCUT2D eigenvalue weighted by atomic mass is 32.2. The largest absolute Gasteiger partial charge is 0.466 e. The fourth-order valence-electron chi connectivity index (χ4n) is 2.12.